The molecule has 1 N–H and O–H groups in total. The summed E-state index contributed by atoms with van der Waals surface area (Å²) in [4.78, 5) is 24.8. The number of ether oxygens (including phenoxy) is 1. The molecule has 1 unspecified atom stereocenters. The van der Waals surface area contributed by atoms with Crippen molar-refractivity contribution in [2.45, 2.75) is 40.5 Å². The van der Waals surface area contributed by atoms with Crippen molar-refractivity contribution in [2.24, 2.45) is 5.92 Å². The quantitative estimate of drug-likeness (QED) is 0.694. The molecule has 0 aliphatic heterocycles. The van der Waals surface area contributed by atoms with Gasteiger partial charge in [0.15, 0.2) is 6.61 Å². The molecule has 0 fully saturated rings. The average Bonchev–Trinajstić information content (AvgIpc) is 2.58. The van der Waals surface area contributed by atoms with E-state index < -0.39 is 11.9 Å². The van der Waals surface area contributed by atoms with Gasteiger partial charge in [-0.1, -0.05) is 55.3 Å². The summed E-state index contributed by atoms with van der Waals surface area (Å²) in [6.45, 7) is 9.46. The van der Waals surface area contributed by atoms with Gasteiger partial charge in [0.05, 0.1) is 5.92 Å². The Hall–Kier alpha value is -2.33. The molecular formula is C22H26ClNO3. The fourth-order valence-electron chi connectivity index (χ4n) is 3.24. The first kappa shape index (κ1) is 21.0. The highest BCUT2D eigenvalue weighted by Gasteiger charge is 2.26. The lowest BCUT2D eigenvalue weighted by atomic mass is 9.88. The van der Waals surface area contributed by atoms with Crippen LogP contribution in [0.25, 0.3) is 0 Å². The van der Waals surface area contributed by atoms with Crippen molar-refractivity contribution in [2.75, 3.05) is 11.9 Å². The van der Waals surface area contributed by atoms with Gasteiger partial charge >= 0.3 is 5.97 Å². The highest BCUT2D eigenvalue weighted by Crippen LogP contribution is 2.27. The predicted molar refractivity (Wildman–Crippen MR) is 109 cm³/mol. The molecule has 1 atom stereocenters. The van der Waals surface area contributed by atoms with Crippen LogP contribution in [0.4, 0.5) is 5.69 Å². The van der Waals surface area contributed by atoms with Crippen molar-refractivity contribution < 1.29 is 14.3 Å². The minimum Gasteiger partial charge on any atom is -0.455 e. The summed E-state index contributed by atoms with van der Waals surface area (Å²) < 4.78 is 5.30. The lowest BCUT2D eigenvalue weighted by molar-refractivity contribution is -0.149. The molecule has 144 valence electrons. The smallest absolute Gasteiger partial charge is 0.314 e. The standard InChI is InChI=1S/C22H26ClNO3/c1-13(2)20(17-6-8-18(23)9-7-17)22(26)27-12-19(25)24-21-15(4)10-14(3)11-16(21)5/h6-11,13,20H,12H2,1-5H3,(H,24,25). The zero-order valence-corrected chi connectivity index (χ0v) is 17.2. The first-order valence-electron chi connectivity index (χ1n) is 8.99. The zero-order valence-electron chi connectivity index (χ0n) is 16.4. The number of esters is 1. The second-order valence-electron chi connectivity index (χ2n) is 7.20. The van der Waals surface area contributed by atoms with Gasteiger partial charge in [0.1, 0.15) is 0 Å². The maximum absolute atomic E-state index is 12.6. The second-order valence-corrected chi connectivity index (χ2v) is 7.64. The van der Waals surface area contributed by atoms with E-state index in [4.69, 9.17) is 16.3 Å². The van der Waals surface area contributed by atoms with Gasteiger partial charge in [-0.05, 0) is 55.5 Å². The maximum Gasteiger partial charge on any atom is 0.314 e. The van der Waals surface area contributed by atoms with Crippen LogP contribution in [-0.2, 0) is 14.3 Å². The molecule has 5 heteroatoms. The van der Waals surface area contributed by atoms with Crippen molar-refractivity contribution in [3.63, 3.8) is 0 Å². The number of aryl methyl sites for hydroxylation is 3. The topological polar surface area (TPSA) is 55.4 Å². The van der Waals surface area contributed by atoms with Crippen LogP contribution in [0.1, 0.15) is 42.0 Å². The molecule has 0 aliphatic carbocycles. The molecule has 1 amide bonds. The largest absolute Gasteiger partial charge is 0.455 e. The molecule has 27 heavy (non-hydrogen) atoms. The van der Waals surface area contributed by atoms with E-state index in [-0.39, 0.29) is 18.4 Å². The van der Waals surface area contributed by atoms with Gasteiger partial charge in [-0.15, -0.1) is 0 Å². The Balaban J connectivity index is 2.03. The molecule has 4 nitrogen and oxygen atoms in total. The number of anilines is 1. The number of halogens is 1. The number of hydrogen-bond donors (Lipinski definition) is 1. The monoisotopic (exact) mass is 387 g/mol. The minimum absolute atomic E-state index is 0.0309. The van der Waals surface area contributed by atoms with Crippen LogP contribution >= 0.6 is 11.6 Å². The van der Waals surface area contributed by atoms with Gasteiger partial charge in [0.25, 0.3) is 5.91 Å². The lowest BCUT2D eigenvalue weighted by Gasteiger charge is -2.20. The maximum atomic E-state index is 12.6. The zero-order chi connectivity index (χ0) is 20.1. The van der Waals surface area contributed by atoms with Crippen LogP contribution in [0.2, 0.25) is 5.02 Å². The third-order valence-electron chi connectivity index (χ3n) is 4.44. The number of amides is 1. The van der Waals surface area contributed by atoms with Gasteiger partial charge in [-0.3, -0.25) is 9.59 Å². The fraction of sp³-hybridized carbons (Fsp3) is 0.364. The first-order valence-corrected chi connectivity index (χ1v) is 9.36. The normalized spacial score (nSPS) is 12.0. The molecule has 0 radical (unpaired) electrons. The van der Waals surface area contributed by atoms with Crippen LogP contribution in [-0.4, -0.2) is 18.5 Å². The number of rotatable bonds is 6. The van der Waals surface area contributed by atoms with Crippen molar-refractivity contribution in [3.8, 4) is 0 Å². The Morgan fingerprint density at radius 3 is 2.11 bits per heavy atom. The third-order valence-corrected chi connectivity index (χ3v) is 4.69. The number of carbonyl (C=O) groups is 2. The molecule has 2 aromatic rings. The van der Waals surface area contributed by atoms with Crippen molar-refractivity contribution in [3.05, 3.63) is 63.7 Å². The summed E-state index contributed by atoms with van der Waals surface area (Å²) in [7, 11) is 0. The Kier molecular flexibility index (Phi) is 7.03. The molecule has 0 aliphatic rings. The number of hydrogen-bond acceptors (Lipinski definition) is 3. The molecule has 2 aromatic carbocycles. The molecule has 0 spiro atoms. The van der Waals surface area contributed by atoms with Crippen LogP contribution in [0, 0.1) is 26.7 Å². The van der Waals surface area contributed by atoms with E-state index in [1.165, 1.54) is 0 Å². The molecule has 0 bridgehead atoms. The lowest BCUT2D eigenvalue weighted by Crippen LogP contribution is -2.26. The van der Waals surface area contributed by atoms with Crippen molar-refractivity contribution in [1.82, 2.24) is 0 Å². The molecule has 0 saturated carbocycles. The Labute approximate surface area is 165 Å². The van der Waals surface area contributed by atoms with E-state index in [9.17, 15) is 9.59 Å². The van der Waals surface area contributed by atoms with Crippen LogP contribution in [0.5, 0.6) is 0 Å². The molecule has 0 heterocycles. The molecular weight excluding hydrogens is 362 g/mol. The van der Waals surface area contributed by atoms with Crippen LogP contribution in [0.3, 0.4) is 0 Å². The Bertz CT molecular complexity index is 805. The number of benzene rings is 2. The Morgan fingerprint density at radius 1 is 1.04 bits per heavy atom. The Morgan fingerprint density at radius 2 is 1.59 bits per heavy atom. The van der Waals surface area contributed by atoms with Crippen molar-refractivity contribution >= 4 is 29.2 Å². The highest BCUT2D eigenvalue weighted by atomic mass is 35.5. The van der Waals surface area contributed by atoms with E-state index >= 15 is 0 Å². The van der Waals surface area contributed by atoms with E-state index in [1.807, 2.05) is 58.9 Å². The van der Waals surface area contributed by atoms with E-state index in [0.717, 1.165) is 27.9 Å². The summed E-state index contributed by atoms with van der Waals surface area (Å²) in [6.07, 6.45) is 0. The summed E-state index contributed by atoms with van der Waals surface area (Å²) in [6, 6.07) is 11.1. The van der Waals surface area contributed by atoms with Crippen LogP contribution in [0.15, 0.2) is 36.4 Å². The van der Waals surface area contributed by atoms with Gasteiger partial charge in [-0.2, -0.15) is 0 Å². The molecule has 0 aromatic heterocycles. The van der Waals surface area contributed by atoms with Crippen molar-refractivity contribution in [1.29, 1.82) is 0 Å². The van der Waals surface area contributed by atoms with E-state index in [0.29, 0.717) is 5.02 Å². The van der Waals surface area contributed by atoms with E-state index in [1.54, 1.807) is 12.1 Å². The molecule has 2 rings (SSSR count). The average molecular weight is 388 g/mol. The van der Waals surface area contributed by atoms with E-state index in [2.05, 4.69) is 5.32 Å². The highest BCUT2D eigenvalue weighted by molar-refractivity contribution is 6.30. The first-order chi connectivity index (χ1) is 12.7. The van der Waals surface area contributed by atoms with Gasteiger partial charge < -0.3 is 10.1 Å². The van der Waals surface area contributed by atoms with Crippen LogP contribution < -0.4 is 5.32 Å². The van der Waals surface area contributed by atoms with Gasteiger partial charge in [-0.25, -0.2) is 0 Å². The fourth-order valence-corrected chi connectivity index (χ4v) is 3.37. The summed E-state index contributed by atoms with van der Waals surface area (Å²) >= 11 is 5.92. The molecule has 0 saturated heterocycles. The summed E-state index contributed by atoms with van der Waals surface area (Å²) in [5.41, 5.74) is 4.68. The van der Waals surface area contributed by atoms with Gasteiger partial charge in [0.2, 0.25) is 0 Å². The number of nitrogens with one attached hydrogen (secondary N) is 1. The SMILES string of the molecule is Cc1cc(C)c(NC(=O)COC(=O)C(c2ccc(Cl)cc2)C(C)C)c(C)c1. The minimum atomic E-state index is -0.446. The summed E-state index contributed by atoms with van der Waals surface area (Å²) in [5, 5.41) is 3.45. The second kappa shape index (κ2) is 9.05. The predicted octanol–water partition coefficient (Wildman–Crippen LogP) is 5.19. The third kappa shape index (κ3) is 5.57. The summed E-state index contributed by atoms with van der Waals surface area (Å²) in [5.74, 6) is -1.18. The van der Waals surface area contributed by atoms with Gasteiger partial charge in [0, 0.05) is 10.7 Å². The number of carbonyl (C=O) groups excluding carboxylic acids is 2.